The maximum absolute atomic E-state index is 12.8. The highest BCUT2D eigenvalue weighted by molar-refractivity contribution is 6.21. The standard InChI is InChI=1S/C21H29N3O6/c1-2-3-4-5-10-30-21(29)22-12-13-6-7-14-15(11-13)20(28)24(19(14)27)16-8-9-17(25)23-18(16)26/h6-7,11,16-18,23,25-26H,2-5,8-10,12H2,1H3,(H,22,29). The summed E-state index contributed by atoms with van der Waals surface area (Å²) in [7, 11) is 0. The van der Waals surface area contributed by atoms with E-state index < -0.39 is 36.4 Å². The van der Waals surface area contributed by atoms with E-state index in [2.05, 4.69) is 17.6 Å². The fraction of sp³-hybridized carbons (Fsp3) is 0.571. The highest BCUT2D eigenvalue weighted by atomic mass is 16.5. The second-order valence-corrected chi connectivity index (χ2v) is 7.68. The molecule has 2 aliphatic heterocycles. The van der Waals surface area contributed by atoms with E-state index in [1.807, 2.05) is 0 Å². The number of fused-ring (bicyclic) bond motifs is 1. The van der Waals surface area contributed by atoms with Crippen molar-refractivity contribution in [2.75, 3.05) is 6.61 Å². The number of hydrogen-bond donors (Lipinski definition) is 4. The van der Waals surface area contributed by atoms with Crippen LogP contribution in [0, 0.1) is 0 Å². The highest BCUT2D eigenvalue weighted by Gasteiger charge is 2.44. The molecule has 4 N–H and O–H groups in total. The van der Waals surface area contributed by atoms with Crippen molar-refractivity contribution in [2.45, 2.75) is 70.5 Å². The van der Waals surface area contributed by atoms with Crippen LogP contribution in [0.1, 0.15) is 71.7 Å². The van der Waals surface area contributed by atoms with Crippen molar-refractivity contribution in [3.63, 3.8) is 0 Å². The average Bonchev–Trinajstić information content (AvgIpc) is 2.96. The lowest BCUT2D eigenvalue weighted by Crippen LogP contribution is -2.58. The smallest absolute Gasteiger partial charge is 0.407 e. The Kier molecular flexibility index (Phi) is 7.41. The Morgan fingerprint density at radius 2 is 1.93 bits per heavy atom. The van der Waals surface area contributed by atoms with Crippen molar-refractivity contribution < 1.29 is 29.3 Å². The zero-order valence-electron chi connectivity index (χ0n) is 17.1. The van der Waals surface area contributed by atoms with Crippen LogP contribution in [0.15, 0.2) is 18.2 Å². The second-order valence-electron chi connectivity index (χ2n) is 7.68. The first-order valence-corrected chi connectivity index (χ1v) is 10.5. The van der Waals surface area contributed by atoms with Crippen molar-refractivity contribution in [2.24, 2.45) is 0 Å². The number of hydrogen-bond acceptors (Lipinski definition) is 7. The summed E-state index contributed by atoms with van der Waals surface area (Å²) in [6.07, 6.45) is 2.12. The molecule has 0 aromatic heterocycles. The Bertz CT molecular complexity index is 799. The first-order valence-electron chi connectivity index (χ1n) is 10.5. The lowest BCUT2D eigenvalue weighted by Gasteiger charge is -2.36. The molecule has 9 nitrogen and oxygen atoms in total. The first-order chi connectivity index (χ1) is 14.4. The molecule has 9 heteroatoms. The van der Waals surface area contributed by atoms with E-state index in [9.17, 15) is 24.6 Å². The number of amides is 3. The predicted octanol–water partition coefficient (Wildman–Crippen LogP) is 1.48. The third-order valence-electron chi connectivity index (χ3n) is 5.45. The molecule has 1 aromatic carbocycles. The maximum atomic E-state index is 12.8. The minimum Gasteiger partial charge on any atom is -0.450 e. The van der Waals surface area contributed by atoms with E-state index in [1.54, 1.807) is 18.2 Å². The minimum atomic E-state index is -1.19. The summed E-state index contributed by atoms with van der Waals surface area (Å²) in [4.78, 5) is 38.4. The van der Waals surface area contributed by atoms with Crippen molar-refractivity contribution in [1.82, 2.24) is 15.5 Å². The van der Waals surface area contributed by atoms with Crippen LogP contribution in [-0.4, -0.2) is 58.1 Å². The topological polar surface area (TPSA) is 128 Å². The van der Waals surface area contributed by atoms with Gasteiger partial charge in [-0.3, -0.25) is 19.8 Å². The minimum absolute atomic E-state index is 0.169. The number of imide groups is 1. The van der Waals surface area contributed by atoms with E-state index in [0.29, 0.717) is 25.0 Å². The highest BCUT2D eigenvalue weighted by Crippen LogP contribution is 2.29. The van der Waals surface area contributed by atoms with Gasteiger partial charge in [-0.05, 0) is 37.0 Å². The van der Waals surface area contributed by atoms with Gasteiger partial charge in [-0.25, -0.2) is 4.79 Å². The van der Waals surface area contributed by atoms with Gasteiger partial charge in [0, 0.05) is 6.54 Å². The zero-order valence-corrected chi connectivity index (χ0v) is 17.1. The Morgan fingerprint density at radius 1 is 1.17 bits per heavy atom. The molecular weight excluding hydrogens is 390 g/mol. The van der Waals surface area contributed by atoms with Crippen LogP contribution in [0.3, 0.4) is 0 Å². The van der Waals surface area contributed by atoms with Crippen LogP contribution in [0.5, 0.6) is 0 Å². The van der Waals surface area contributed by atoms with Gasteiger partial charge < -0.3 is 20.3 Å². The van der Waals surface area contributed by atoms with Crippen LogP contribution in [0.25, 0.3) is 0 Å². The number of aliphatic hydroxyl groups excluding tert-OH is 2. The Labute approximate surface area is 175 Å². The quantitative estimate of drug-likeness (QED) is 0.371. The number of ether oxygens (including phenoxy) is 1. The van der Waals surface area contributed by atoms with E-state index in [1.165, 1.54) is 0 Å². The summed E-state index contributed by atoms with van der Waals surface area (Å²) in [5.74, 6) is -0.958. The van der Waals surface area contributed by atoms with Gasteiger partial charge in [0.1, 0.15) is 12.5 Å². The SMILES string of the molecule is CCCCCCOC(=O)NCc1ccc2c(c1)C(=O)N(C1CCC(O)NC1O)C2=O. The summed E-state index contributed by atoms with van der Waals surface area (Å²) in [5, 5.41) is 24.9. The molecule has 2 aliphatic rings. The molecule has 30 heavy (non-hydrogen) atoms. The molecule has 0 radical (unpaired) electrons. The Morgan fingerprint density at radius 3 is 2.67 bits per heavy atom. The number of nitrogens with zero attached hydrogens (tertiary/aromatic N) is 1. The summed E-state index contributed by atoms with van der Waals surface area (Å²) in [6.45, 7) is 2.65. The average molecular weight is 419 g/mol. The molecule has 1 aromatic rings. The van der Waals surface area contributed by atoms with Gasteiger partial charge in [-0.2, -0.15) is 0 Å². The first kappa shape index (κ1) is 22.2. The van der Waals surface area contributed by atoms with E-state index in [4.69, 9.17) is 4.74 Å². The summed E-state index contributed by atoms with van der Waals surface area (Å²) >= 11 is 0. The molecule has 1 fully saturated rings. The van der Waals surface area contributed by atoms with Gasteiger partial charge in [0.2, 0.25) is 0 Å². The molecule has 0 bridgehead atoms. The van der Waals surface area contributed by atoms with Crippen LogP contribution in [-0.2, 0) is 11.3 Å². The van der Waals surface area contributed by atoms with Crippen LogP contribution >= 0.6 is 0 Å². The van der Waals surface area contributed by atoms with Gasteiger partial charge in [0.05, 0.1) is 23.8 Å². The fourth-order valence-corrected chi connectivity index (χ4v) is 3.79. The molecule has 164 valence electrons. The molecule has 0 spiro atoms. The van der Waals surface area contributed by atoms with Crippen LogP contribution < -0.4 is 10.6 Å². The third-order valence-corrected chi connectivity index (χ3v) is 5.45. The van der Waals surface area contributed by atoms with E-state index in [-0.39, 0.29) is 17.7 Å². The van der Waals surface area contributed by atoms with Crippen molar-refractivity contribution >= 4 is 17.9 Å². The molecule has 0 aliphatic carbocycles. The number of nitrogens with one attached hydrogen (secondary N) is 2. The Balaban J connectivity index is 1.58. The fourth-order valence-electron chi connectivity index (χ4n) is 3.79. The lowest BCUT2D eigenvalue weighted by molar-refractivity contribution is -0.0413. The number of piperidine rings is 1. The van der Waals surface area contributed by atoms with Gasteiger partial charge in [0.25, 0.3) is 11.8 Å². The Hall–Kier alpha value is -2.49. The number of alkyl carbamates (subject to hydrolysis) is 1. The molecule has 3 amide bonds. The number of benzene rings is 1. The molecule has 2 heterocycles. The molecular formula is C21H29N3O6. The summed E-state index contributed by atoms with van der Waals surface area (Å²) in [6, 6.07) is 4.06. The van der Waals surface area contributed by atoms with E-state index in [0.717, 1.165) is 30.6 Å². The molecule has 3 atom stereocenters. The summed E-state index contributed by atoms with van der Waals surface area (Å²) < 4.78 is 5.12. The number of unbranched alkanes of at least 4 members (excludes halogenated alkanes) is 3. The lowest BCUT2D eigenvalue weighted by atomic mass is 10.0. The van der Waals surface area contributed by atoms with Crippen molar-refractivity contribution in [3.05, 3.63) is 34.9 Å². The van der Waals surface area contributed by atoms with Crippen molar-refractivity contribution in [3.8, 4) is 0 Å². The van der Waals surface area contributed by atoms with Crippen LogP contribution in [0.4, 0.5) is 4.79 Å². The van der Waals surface area contributed by atoms with Gasteiger partial charge in [0.15, 0.2) is 0 Å². The van der Waals surface area contributed by atoms with Gasteiger partial charge in [-0.1, -0.05) is 32.3 Å². The maximum Gasteiger partial charge on any atom is 0.407 e. The largest absolute Gasteiger partial charge is 0.450 e. The molecule has 1 saturated heterocycles. The number of carbonyl (C=O) groups is 3. The number of rotatable bonds is 8. The number of carbonyl (C=O) groups excluding carboxylic acids is 3. The van der Waals surface area contributed by atoms with Crippen molar-refractivity contribution in [1.29, 1.82) is 0 Å². The van der Waals surface area contributed by atoms with Gasteiger partial charge in [-0.15, -0.1) is 0 Å². The number of aliphatic hydroxyl groups is 2. The second kappa shape index (κ2) is 10.0. The third kappa shape index (κ3) is 4.97. The van der Waals surface area contributed by atoms with Gasteiger partial charge >= 0.3 is 6.09 Å². The summed E-state index contributed by atoms with van der Waals surface area (Å²) in [5.41, 5.74) is 1.17. The molecule has 3 unspecified atom stereocenters. The predicted molar refractivity (Wildman–Crippen MR) is 107 cm³/mol. The van der Waals surface area contributed by atoms with Crippen LogP contribution in [0.2, 0.25) is 0 Å². The molecule has 3 rings (SSSR count). The van der Waals surface area contributed by atoms with E-state index >= 15 is 0 Å². The molecule has 0 saturated carbocycles. The monoisotopic (exact) mass is 419 g/mol. The normalized spacial score (nSPS) is 23.4. The zero-order chi connectivity index (χ0) is 21.7.